The molecule has 4 rings (SSSR count). The lowest BCUT2D eigenvalue weighted by Gasteiger charge is -2.21. The second-order valence-corrected chi connectivity index (χ2v) is 10.9. The highest BCUT2D eigenvalue weighted by Gasteiger charge is 2.28. The first-order valence-corrected chi connectivity index (χ1v) is 13.1. The minimum atomic E-state index is -3.43. The van der Waals surface area contributed by atoms with Gasteiger partial charge in [-0.25, -0.2) is 8.42 Å². The van der Waals surface area contributed by atoms with Crippen molar-refractivity contribution >= 4 is 15.7 Å². The third-order valence-corrected chi connectivity index (χ3v) is 7.78. The summed E-state index contributed by atoms with van der Waals surface area (Å²) >= 11 is 0. The summed E-state index contributed by atoms with van der Waals surface area (Å²) in [7, 11) is -3.43. The Morgan fingerprint density at radius 1 is 1.00 bits per heavy atom. The van der Waals surface area contributed by atoms with E-state index in [-0.39, 0.29) is 17.7 Å². The highest BCUT2D eigenvalue weighted by molar-refractivity contribution is 7.90. The summed E-state index contributed by atoms with van der Waals surface area (Å²) in [5, 5.41) is 0. The summed E-state index contributed by atoms with van der Waals surface area (Å²) < 4.78 is 31.5. The van der Waals surface area contributed by atoms with Gasteiger partial charge < -0.3 is 10.5 Å². The van der Waals surface area contributed by atoms with Crippen molar-refractivity contribution in [1.29, 1.82) is 0 Å². The number of ether oxygens (including phenoxy) is 1. The number of nitrogens with two attached hydrogens (primary N) is 1. The van der Waals surface area contributed by atoms with Crippen LogP contribution in [-0.2, 0) is 33.5 Å². The number of amides is 1. The van der Waals surface area contributed by atoms with Gasteiger partial charge in [-0.15, -0.1) is 0 Å². The summed E-state index contributed by atoms with van der Waals surface area (Å²) in [6, 6.07) is 22.0. The maximum Gasteiger partial charge on any atom is 0.234 e. The Labute approximate surface area is 201 Å². The molecule has 0 bridgehead atoms. The highest BCUT2D eigenvalue weighted by atomic mass is 32.2. The van der Waals surface area contributed by atoms with E-state index in [0.717, 1.165) is 36.1 Å². The van der Waals surface area contributed by atoms with Crippen LogP contribution >= 0.6 is 0 Å². The molecule has 178 valence electrons. The van der Waals surface area contributed by atoms with Crippen molar-refractivity contribution < 1.29 is 17.9 Å². The first-order valence-electron chi connectivity index (χ1n) is 11.4. The lowest BCUT2D eigenvalue weighted by atomic mass is 10.1. The molecular formula is C27H30N2O4S. The van der Waals surface area contributed by atoms with E-state index in [1.807, 2.05) is 43.3 Å². The van der Waals surface area contributed by atoms with Crippen molar-refractivity contribution in [3.05, 3.63) is 95.1 Å². The van der Waals surface area contributed by atoms with Gasteiger partial charge in [-0.2, -0.15) is 0 Å². The fourth-order valence-electron chi connectivity index (χ4n) is 4.40. The Kier molecular flexibility index (Phi) is 7.34. The number of hydrogen-bond acceptors (Lipinski definition) is 5. The number of likely N-dealkylation sites (tertiary alicyclic amines) is 1. The van der Waals surface area contributed by atoms with E-state index >= 15 is 0 Å². The lowest BCUT2D eigenvalue weighted by Crippen LogP contribution is -2.39. The maximum atomic E-state index is 12.7. The number of carbonyl (C=O) groups excluding carboxylic acids is 1. The molecular weight excluding hydrogens is 448 g/mol. The summed E-state index contributed by atoms with van der Waals surface area (Å²) in [6.45, 7) is 3.89. The number of sulfone groups is 1. The van der Waals surface area contributed by atoms with Gasteiger partial charge >= 0.3 is 0 Å². The molecule has 34 heavy (non-hydrogen) atoms. The van der Waals surface area contributed by atoms with Crippen LogP contribution in [0.15, 0.2) is 77.7 Å². The predicted octanol–water partition coefficient (Wildman–Crippen LogP) is 4.00. The molecule has 1 saturated heterocycles. The minimum absolute atomic E-state index is 0.0768. The van der Waals surface area contributed by atoms with Crippen LogP contribution in [0.1, 0.15) is 35.1 Å². The van der Waals surface area contributed by atoms with Crippen LogP contribution in [0.3, 0.4) is 0 Å². The molecule has 1 atom stereocenters. The molecule has 0 radical (unpaired) electrons. The fraction of sp³-hybridized carbons (Fsp3) is 0.296. The van der Waals surface area contributed by atoms with E-state index in [9.17, 15) is 13.2 Å². The number of hydrogen-bond donors (Lipinski definition) is 1. The Morgan fingerprint density at radius 3 is 2.41 bits per heavy atom. The van der Waals surface area contributed by atoms with Crippen LogP contribution in [0.4, 0.5) is 0 Å². The third kappa shape index (κ3) is 6.04. The third-order valence-electron chi connectivity index (χ3n) is 6.08. The second kappa shape index (κ2) is 10.4. The largest absolute Gasteiger partial charge is 0.489 e. The van der Waals surface area contributed by atoms with Gasteiger partial charge in [0.05, 0.1) is 16.7 Å². The summed E-state index contributed by atoms with van der Waals surface area (Å²) in [5.41, 5.74) is 9.29. The number of benzene rings is 3. The SMILES string of the molecule is Cc1cc(CS(=O)(=O)c2ccccc2)cc(OCc2ccc(CN3CCC[C@@H]3C(N)=O)cc2)c1. The van der Waals surface area contributed by atoms with Crippen LogP contribution in [0.2, 0.25) is 0 Å². The van der Waals surface area contributed by atoms with Crippen LogP contribution in [0, 0.1) is 6.92 Å². The molecule has 0 saturated carbocycles. The Balaban J connectivity index is 1.38. The molecule has 6 nitrogen and oxygen atoms in total. The van der Waals surface area contributed by atoms with Crippen molar-refractivity contribution in [2.24, 2.45) is 5.73 Å². The van der Waals surface area contributed by atoms with Gasteiger partial charge in [0, 0.05) is 6.54 Å². The zero-order valence-electron chi connectivity index (χ0n) is 19.3. The van der Waals surface area contributed by atoms with E-state index in [2.05, 4.69) is 4.90 Å². The van der Waals surface area contributed by atoms with E-state index < -0.39 is 9.84 Å². The maximum absolute atomic E-state index is 12.7. The predicted molar refractivity (Wildman–Crippen MR) is 132 cm³/mol. The molecule has 1 heterocycles. The number of carbonyl (C=O) groups is 1. The molecule has 7 heteroatoms. The van der Waals surface area contributed by atoms with Crippen LogP contribution in [0.5, 0.6) is 5.75 Å². The van der Waals surface area contributed by atoms with E-state index in [4.69, 9.17) is 10.5 Å². The first kappa shape index (κ1) is 24.0. The van der Waals surface area contributed by atoms with Gasteiger partial charge in [0.25, 0.3) is 0 Å². The van der Waals surface area contributed by atoms with Crippen molar-refractivity contribution in [2.75, 3.05) is 6.54 Å². The summed E-state index contributed by atoms with van der Waals surface area (Å²) in [4.78, 5) is 14.0. The lowest BCUT2D eigenvalue weighted by molar-refractivity contribution is -0.122. The first-order chi connectivity index (χ1) is 16.3. The smallest absolute Gasteiger partial charge is 0.234 e. The van der Waals surface area contributed by atoms with Gasteiger partial charge in [-0.05, 0) is 72.8 Å². The molecule has 3 aromatic carbocycles. The number of nitrogens with zero attached hydrogens (tertiary/aromatic N) is 1. The van der Waals surface area contributed by atoms with Crippen LogP contribution in [0.25, 0.3) is 0 Å². The van der Waals surface area contributed by atoms with Gasteiger partial charge in [-0.1, -0.05) is 48.5 Å². The molecule has 0 aromatic heterocycles. The molecule has 1 amide bonds. The number of aryl methyl sites for hydroxylation is 1. The van der Waals surface area contributed by atoms with Gasteiger partial charge in [0.15, 0.2) is 9.84 Å². The van der Waals surface area contributed by atoms with Crippen LogP contribution in [-0.4, -0.2) is 31.8 Å². The summed E-state index contributed by atoms with van der Waals surface area (Å²) in [6.07, 6.45) is 1.82. The normalized spacial score (nSPS) is 16.4. The zero-order chi connectivity index (χ0) is 24.1. The van der Waals surface area contributed by atoms with Crippen molar-refractivity contribution in [2.45, 2.75) is 49.6 Å². The monoisotopic (exact) mass is 478 g/mol. The van der Waals surface area contributed by atoms with Crippen molar-refractivity contribution in [1.82, 2.24) is 4.90 Å². The fourth-order valence-corrected chi connectivity index (χ4v) is 5.75. The highest BCUT2D eigenvalue weighted by Crippen LogP contribution is 2.23. The molecule has 1 aliphatic heterocycles. The average Bonchev–Trinajstić information content (AvgIpc) is 3.27. The minimum Gasteiger partial charge on any atom is -0.489 e. The van der Waals surface area contributed by atoms with E-state index in [1.165, 1.54) is 0 Å². The zero-order valence-corrected chi connectivity index (χ0v) is 20.1. The molecule has 0 spiro atoms. The van der Waals surface area contributed by atoms with Crippen LogP contribution < -0.4 is 10.5 Å². The molecule has 0 aliphatic carbocycles. The van der Waals surface area contributed by atoms with Crippen molar-refractivity contribution in [3.63, 3.8) is 0 Å². The topological polar surface area (TPSA) is 89.7 Å². The Bertz CT molecular complexity index is 1240. The van der Waals surface area contributed by atoms with E-state index in [1.54, 1.807) is 36.4 Å². The molecule has 2 N–H and O–H groups in total. The van der Waals surface area contributed by atoms with Gasteiger partial charge in [-0.3, -0.25) is 9.69 Å². The number of primary amides is 1. The standard InChI is InChI=1S/C27H30N2O4S/c1-20-14-23(19-34(31,32)25-6-3-2-4-7-25)16-24(15-20)33-18-22-11-9-21(10-12-22)17-29-13-5-8-26(29)27(28)30/h2-4,6-7,9-12,14-16,26H,5,8,13,17-19H2,1H3,(H2,28,30)/t26-/m1/s1. The number of rotatable bonds is 9. The quantitative estimate of drug-likeness (QED) is 0.502. The van der Waals surface area contributed by atoms with Gasteiger partial charge in [0.2, 0.25) is 5.91 Å². The molecule has 0 unspecified atom stereocenters. The molecule has 1 fully saturated rings. The van der Waals surface area contributed by atoms with Crippen molar-refractivity contribution in [3.8, 4) is 5.75 Å². The Morgan fingerprint density at radius 2 is 1.71 bits per heavy atom. The summed E-state index contributed by atoms with van der Waals surface area (Å²) in [5.74, 6) is 0.312. The Hall–Kier alpha value is -3.16. The van der Waals surface area contributed by atoms with Gasteiger partial charge in [0.1, 0.15) is 12.4 Å². The second-order valence-electron chi connectivity index (χ2n) is 8.86. The average molecular weight is 479 g/mol. The molecule has 3 aromatic rings. The molecule has 1 aliphatic rings. The van der Waals surface area contributed by atoms with E-state index in [0.29, 0.717) is 29.4 Å².